The van der Waals surface area contributed by atoms with E-state index in [1.54, 1.807) is 0 Å². The summed E-state index contributed by atoms with van der Waals surface area (Å²) in [5, 5.41) is 3.41. The van der Waals surface area contributed by atoms with Gasteiger partial charge >= 0.3 is 6.18 Å². The lowest BCUT2D eigenvalue weighted by molar-refractivity contribution is -0.135. The number of aryl methyl sites for hydroxylation is 1. The molecule has 1 aliphatic carbocycles. The average molecular weight is 403 g/mol. The Kier molecular flexibility index (Phi) is 5.54. The Morgan fingerprint density at radius 1 is 1.37 bits per heavy atom. The molecule has 1 atom stereocenters. The predicted molar refractivity (Wildman–Crippen MR) is 80.6 cm³/mol. The maximum Gasteiger partial charge on any atom is 0.389 e. The third-order valence-electron chi connectivity index (χ3n) is 3.36. The molecule has 1 heterocycles. The summed E-state index contributed by atoms with van der Waals surface area (Å²) in [6.45, 7) is 0.673. The third kappa shape index (κ3) is 4.90. The molecule has 1 unspecified atom stereocenters. The number of hydrogen-bond donors (Lipinski definition) is 1. The van der Waals surface area contributed by atoms with Crippen molar-refractivity contribution in [1.29, 1.82) is 0 Å². The molecule has 0 saturated carbocycles. The largest absolute Gasteiger partial charge is 0.389 e. The van der Waals surface area contributed by atoms with Crippen molar-refractivity contribution in [2.24, 2.45) is 0 Å². The summed E-state index contributed by atoms with van der Waals surface area (Å²) in [4.78, 5) is 1.45. The number of unbranched alkanes of at least 4 members (excludes halogenated alkanes) is 1. The van der Waals surface area contributed by atoms with E-state index in [0.717, 1.165) is 12.8 Å². The van der Waals surface area contributed by atoms with E-state index >= 15 is 0 Å². The molecule has 0 aromatic carbocycles. The monoisotopic (exact) mass is 403 g/mol. The minimum absolute atomic E-state index is 0.219. The topological polar surface area (TPSA) is 12.0 Å². The minimum Gasteiger partial charge on any atom is -0.310 e. The van der Waals surface area contributed by atoms with Crippen LogP contribution in [0.1, 0.15) is 48.6 Å². The maximum absolute atomic E-state index is 12.0. The maximum atomic E-state index is 12.0. The number of thiophene rings is 1. The summed E-state index contributed by atoms with van der Waals surface area (Å²) >= 11 is 4.18. The van der Waals surface area contributed by atoms with Crippen LogP contribution in [0.3, 0.4) is 0 Å². The molecule has 2 rings (SSSR count). The lowest BCUT2D eigenvalue weighted by Gasteiger charge is -2.23. The van der Waals surface area contributed by atoms with Crippen molar-refractivity contribution in [3.05, 3.63) is 19.4 Å². The molecule has 1 aliphatic rings. The smallest absolute Gasteiger partial charge is 0.310 e. The van der Waals surface area contributed by atoms with E-state index in [9.17, 15) is 13.2 Å². The lowest BCUT2D eigenvalue weighted by atomic mass is 9.94. The highest BCUT2D eigenvalue weighted by molar-refractivity contribution is 14.1. The van der Waals surface area contributed by atoms with Crippen LogP contribution in [-0.4, -0.2) is 12.7 Å². The van der Waals surface area contributed by atoms with Gasteiger partial charge in [0.05, 0.1) is 2.88 Å². The number of rotatable bonds is 5. The Morgan fingerprint density at radius 3 is 2.89 bits per heavy atom. The van der Waals surface area contributed by atoms with E-state index in [2.05, 4.69) is 34.0 Å². The van der Waals surface area contributed by atoms with Gasteiger partial charge < -0.3 is 5.32 Å². The molecule has 1 aromatic heterocycles. The first kappa shape index (κ1) is 15.6. The number of nitrogens with one attached hydrogen (secondary N) is 1. The SMILES string of the molecule is FC(F)(F)CCCCNC1CCCc2sc(I)cc21. The van der Waals surface area contributed by atoms with Crippen LogP contribution in [0.2, 0.25) is 0 Å². The number of halogens is 4. The van der Waals surface area contributed by atoms with Gasteiger partial charge in [-0.05, 0) is 72.9 Å². The van der Waals surface area contributed by atoms with Crippen LogP contribution in [0.15, 0.2) is 6.07 Å². The Hall–Kier alpha value is 0.180. The first-order valence-corrected chi connectivity index (χ1v) is 8.43. The normalized spacial score (nSPS) is 19.5. The second kappa shape index (κ2) is 6.76. The number of fused-ring (bicyclic) bond motifs is 1. The Bertz CT molecular complexity index is 417. The number of alkyl halides is 3. The van der Waals surface area contributed by atoms with Gasteiger partial charge in [0.2, 0.25) is 0 Å². The van der Waals surface area contributed by atoms with Crippen LogP contribution in [0.4, 0.5) is 13.2 Å². The highest BCUT2D eigenvalue weighted by Crippen LogP contribution is 2.36. The zero-order valence-corrected chi connectivity index (χ0v) is 13.5. The summed E-state index contributed by atoms with van der Waals surface area (Å²) in [5.74, 6) is 0. The van der Waals surface area contributed by atoms with E-state index < -0.39 is 12.6 Å². The fourth-order valence-electron chi connectivity index (χ4n) is 2.46. The van der Waals surface area contributed by atoms with Gasteiger partial charge in [-0.25, -0.2) is 0 Å². The summed E-state index contributed by atoms with van der Waals surface area (Å²) in [7, 11) is 0. The molecule has 0 radical (unpaired) electrons. The van der Waals surface area contributed by atoms with Gasteiger partial charge in [0.1, 0.15) is 0 Å². The van der Waals surface area contributed by atoms with Crippen LogP contribution in [0.25, 0.3) is 0 Å². The van der Waals surface area contributed by atoms with Crippen molar-refractivity contribution in [2.75, 3.05) is 6.54 Å². The second-order valence-electron chi connectivity index (χ2n) is 4.90. The Labute approximate surface area is 129 Å². The van der Waals surface area contributed by atoms with Gasteiger partial charge in [-0.15, -0.1) is 11.3 Å². The molecule has 1 aromatic rings. The van der Waals surface area contributed by atoms with Crippen LogP contribution in [0.5, 0.6) is 0 Å². The number of hydrogen-bond acceptors (Lipinski definition) is 2. The molecular formula is C13H17F3INS. The molecular weight excluding hydrogens is 386 g/mol. The van der Waals surface area contributed by atoms with Gasteiger partial charge in [-0.2, -0.15) is 13.2 Å². The summed E-state index contributed by atoms with van der Waals surface area (Å²) in [5.41, 5.74) is 1.37. The van der Waals surface area contributed by atoms with Crippen molar-refractivity contribution in [3.8, 4) is 0 Å². The van der Waals surface area contributed by atoms with Crippen LogP contribution >= 0.6 is 33.9 Å². The first-order valence-electron chi connectivity index (χ1n) is 6.54. The Morgan fingerprint density at radius 2 is 2.16 bits per heavy atom. The first-order chi connectivity index (χ1) is 8.96. The predicted octanol–water partition coefficient (Wildman–Crippen LogP) is 5.05. The minimum atomic E-state index is -4.01. The quantitative estimate of drug-likeness (QED) is 0.536. The summed E-state index contributed by atoms with van der Waals surface area (Å²) < 4.78 is 37.4. The van der Waals surface area contributed by atoms with E-state index in [4.69, 9.17) is 0 Å². The molecule has 6 heteroatoms. The van der Waals surface area contributed by atoms with Crippen molar-refractivity contribution in [1.82, 2.24) is 5.32 Å². The van der Waals surface area contributed by atoms with Crippen LogP contribution in [0, 0.1) is 2.88 Å². The van der Waals surface area contributed by atoms with Crippen LogP contribution in [-0.2, 0) is 6.42 Å². The van der Waals surface area contributed by atoms with E-state index in [1.807, 2.05) is 11.3 Å². The molecule has 0 aliphatic heterocycles. The van der Waals surface area contributed by atoms with Gasteiger partial charge in [0.25, 0.3) is 0 Å². The van der Waals surface area contributed by atoms with Crippen LogP contribution < -0.4 is 5.32 Å². The summed E-state index contributed by atoms with van der Waals surface area (Å²) in [6.07, 6.45) is -0.454. The molecule has 0 saturated heterocycles. The molecule has 0 bridgehead atoms. The lowest BCUT2D eigenvalue weighted by Crippen LogP contribution is -2.25. The fraction of sp³-hybridized carbons (Fsp3) is 0.692. The standard InChI is InChI=1S/C13H17F3INS/c14-13(15,16)6-1-2-7-18-10-4-3-5-11-9(10)8-12(17)19-11/h8,10,18H,1-7H2. The highest BCUT2D eigenvalue weighted by Gasteiger charge is 2.26. The summed E-state index contributed by atoms with van der Waals surface area (Å²) in [6, 6.07) is 2.56. The zero-order valence-electron chi connectivity index (χ0n) is 10.5. The molecule has 19 heavy (non-hydrogen) atoms. The van der Waals surface area contributed by atoms with Gasteiger partial charge in [0.15, 0.2) is 0 Å². The molecule has 0 spiro atoms. The molecule has 1 N–H and O–H groups in total. The van der Waals surface area contributed by atoms with Gasteiger partial charge in [-0.1, -0.05) is 0 Å². The van der Waals surface area contributed by atoms with Crippen molar-refractivity contribution in [2.45, 2.75) is 50.7 Å². The Balaban J connectivity index is 1.75. The second-order valence-corrected chi connectivity index (χ2v) is 7.93. The highest BCUT2D eigenvalue weighted by atomic mass is 127. The van der Waals surface area contributed by atoms with E-state index in [-0.39, 0.29) is 6.42 Å². The van der Waals surface area contributed by atoms with Crippen molar-refractivity contribution >= 4 is 33.9 Å². The average Bonchev–Trinajstić information content (AvgIpc) is 2.68. The van der Waals surface area contributed by atoms with E-state index in [0.29, 0.717) is 19.0 Å². The van der Waals surface area contributed by atoms with Crippen molar-refractivity contribution in [3.63, 3.8) is 0 Å². The van der Waals surface area contributed by atoms with E-state index in [1.165, 1.54) is 19.7 Å². The zero-order chi connectivity index (χ0) is 13.9. The molecule has 108 valence electrons. The fourth-order valence-corrected chi connectivity index (χ4v) is 4.58. The van der Waals surface area contributed by atoms with Gasteiger partial charge in [-0.3, -0.25) is 0 Å². The molecule has 1 nitrogen and oxygen atoms in total. The molecule has 0 fully saturated rings. The van der Waals surface area contributed by atoms with Crippen molar-refractivity contribution < 1.29 is 13.2 Å². The molecule has 0 amide bonds. The van der Waals surface area contributed by atoms with Gasteiger partial charge in [0, 0.05) is 17.3 Å². The third-order valence-corrected chi connectivity index (χ3v) is 5.33.